The Morgan fingerprint density at radius 3 is 2.29 bits per heavy atom. The fourth-order valence-electron chi connectivity index (χ4n) is 0.0292. The van der Waals surface area contributed by atoms with Crippen molar-refractivity contribution in [3.05, 3.63) is 13.6 Å². The topological polar surface area (TPSA) is 26.0 Å². The van der Waals surface area contributed by atoms with Gasteiger partial charge in [-0.3, -0.25) is 0 Å². The van der Waals surface area contributed by atoms with Gasteiger partial charge in [-0.05, 0) is 6.92 Å². The summed E-state index contributed by atoms with van der Waals surface area (Å²) in [5.41, 5.74) is 3.17. The lowest BCUT2D eigenvalue weighted by atomic mass is 10.1. The van der Waals surface area contributed by atoms with E-state index in [1.807, 2.05) is 0 Å². The molecule has 0 saturated carbocycles. The van der Waals surface area contributed by atoms with Crippen LogP contribution in [0.3, 0.4) is 0 Å². The molecular weight excluding hydrogens is 100 g/mol. The maximum atomic E-state index is 11.3. The van der Waals surface area contributed by atoms with Crippen LogP contribution >= 0.6 is 0 Å². The van der Waals surface area contributed by atoms with Crippen molar-refractivity contribution in [2.45, 2.75) is 5.54 Å². The lowest BCUT2D eigenvalue weighted by Gasteiger charge is -2.12. The first-order valence-electron chi connectivity index (χ1n) is 1.77. The Bertz CT molecular complexity index is 47.7. The van der Waals surface area contributed by atoms with Crippen molar-refractivity contribution in [1.82, 2.24) is 0 Å². The second-order valence-electron chi connectivity index (χ2n) is 1.48. The minimum atomic E-state index is -1.62. The van der Waals surface area contributed by atoms with Crippen LogP contribution in [-0.4, -0.2) is 12.2 Å². The molecule has 2 radical (unpaired) electrons. The van der Waals surface area contributed by atoms with Crippen molar-refractivity contribution < 1.29 is 8.78 Å². The highest BCUT2D eigenvalue weighted by Gasteiger charge is 2.17. The standard InChI is InChI=1S/C4H7F2N/c1-4(7,2-5)3-6/h2H,1,3,7H2. The van der Waals surface area contributed by atoms with Crippen molar-refractivity contribution >= 4 is 0 Å². The molecule has 0 aromatic carbocycles. The molecule has 0 amide bonds. The largest absolute Gasteiger partial charge is 0.320 e. The lowest BCUT2D eigenvalue weighted by molar-refractivity contribution is 0.341. The van der Waals surface area contributed by atoms with E-state index < -0.39 is 12.2 Å². The number of hydrogen-bond acceptors (Lipinski definition) is 1. The zero-order valence-electron chi connectivity index (χ0n) is 3.82. The molecule has 7 heavy (non-hydrogen) atoms. The van der Waals surface area contributed by atoms with E-state index in [0.717, 1.165) is 0 Å². The third-order valence-corrected chi connectivity index (χ3v) is 0.466. The first-order valence-corrected chi connectivity index (χ1v) is 1.77. The molecule has 0 aliphatic carbocycles. The molecule has 0 saturated heterocycles. The predicted octanol–water partition coefficient (Wildman–Crippen LogP) is 0.619. The highest BCUT2D eigenvalue weighted by Crippen LogP contribution is 2.03. The van der Waals surface area contributed by atoms with Crippen LogP contribution in [0.4, 0.5) is 8.78 Å². The third-order valence-electron chi connectivity index (χ3n) is 0.466. The van der Waals surface area contributed by atoms with E-state index in [-0.39, 0.29) is 6.67 Å². The van der Waals surface area contributed by atoms with Gasteiger partial charge in [0.2, 0.25) is 0 Å². The van der Waals surface area contributed by atoms with Gasteiger partial charge in [-0.2, -0.15) is 0 Å². The average molecular weight is 107 g/mol. The number of rotatable bonds is 2. The van der Waals surface area contributed by atoms with Crippen molar-refractivity contribution in [2.75, 3.05) is 6.67 Å². The maximum absolute atomic E-state index is 11.3. The van der Waals surface area contributed by atoms with Crippen LogP contribution in [-0.2, 0) is 0 Å². The van der Waals surface area contributed by atoms with E-state index >= 15 is 0 Å². The Balaban J connectivity index is 3.36. The van der Waals surface area contributed by atoms with E-state index in [9.17, 15) is 8.78 Å². The van der Waals surface area contributed by atoms with Gasteiger partial charge in [0.1, 0.15) is 6.67 Å². The predicted molar refractivity (Wildman–Crippen MR) is 23.7 cm³/mol. The molecule has 0 spiro atoms. The highest BCUT2D eigenvalue weighted by molar-refractivity contribution is 4.93. The first kappa shape index (κ1) is 6.82. The summed E-state index contributed by atoms with van der Waals surface area (Å²) < 4.78 is 22.5. The first-order chi connectivity index (χ1) is 3.12. The van der Waals surface area contributed by atoms with Crippen molar-refractivity contribution in [3.63, 3.8) is 0 Å². The normalized spacial score (nSPS) is 12.0. The molecule has 1 nitrogen and oxygen atoms in total. The maximum Gasteiger partial charge on any atom is 0.153 e. The molecule has 0 aliphatic heterocycles. The second-order valence-corrected chi connectivity index (χ2v) is 1.48. The van der Waals surface area contributed by atoms with Crippen LogP contribution in [0.1, 0.15) is 0 Å². The Hall–Kier alpha value is -0.180. The third kappa shape index (κ3) is 2.51. The summed E-state index contributed by atoms with van der Waals surface area (Å²) in [6.07, 6.45) is 0. The summed E-state index contributed by atoms with van der Waals surface area (Å²) in [6, 6.07) is 0. The molecule has 2 N–H and O–H groups in total. The molecule has 0 aliphatic rings. The van der Waals surface area contributed by atoms with Gasteiger partial charge in [0.15, 0.2) is 6.67 Å². The van der Waals surface area contributed by atoms with Gasteiger partial charge in [0.25, 0.3) is 0 Å². The monoisotopic (exact) mass is 107 g/mol. The summed E-state index contributed by atoms with van der Waals surface area (Å²) in [6.45, 7) is 2.05. The molecular formula is C4H7F2N. The van der Waals surface area contributed by atoms with E-state index in [0.29, 0.717) is 0 Å². The van der Waals surface area contributed by atoms with E-state index in [1.54, 1.807) is 0 Å². The van der Waals surface area contributed by atoms with Crippen LogP contribution in [0.25, 0.3) is 0 Å². The van der Waals surface area contributed by atoms with Gasteiger partial charge in [-0.15, -0.1) is 0 Å². The molecule has 0 heterocycles. The van der Waals surface area contributed by atoms with Gasteiger partial charge in [0, 0.05) is 0 Å². The van der Waals surface area contributed by atoms with Crippen molar-refractivity contribution in [3.8, 4) is 0 Å². The van der Waals surface area contributed by atoms with Gasteiger partial charge in [-0.1, -0.05) is 0 Å². The molecule has 0 aromatic rings. The minimum absolute atomic E-state index is 0.0347. The van der Waals surface area contributed by atoms with Crippen LogP contribution < -0.4 is 5.73 Å². The summed E-state index contributed by atoms with van der Waals surface area (Å²) in [4.78, 5) is 0. The Kier molecular flexibility index (Phi) is 2.15. The highest BCUT2D eigenvalue weighted by atomic mass is 19.1. The van der Waals surface area contributed by atoms with Crippen molar-refractivity contribution in [1.29, 1.82) is 0 Å². The van der Waals surface area contributed by atoms with Gasteiger partial charge in [0.05, 0.1) is 5.54 Å². The summed E-state index contributed by atoms with van der Waals surface area (Å²) in [7, 11) is 0. The summed E-state index contributed by atoms with van der Waals surface area (Å²) >= 11 is 0. The smallest absolute Gasteiger partial charge is 0.153 e. The molecule has 0 aromatic heterocycles. The molecule has 3 heteroatoms. The van der Waals surface area contributed by atoms with Gasteiger partial charge < -0.3 is 5.73 Å². The number of nitrogens with two attached hydrogens (primary N) is 1. The minimum Gasteiger partial charge on any atom is -0.320 e. The van der Waals surface area contributed by atoms with Crippen LogP contribution in [0.2, 0.25) is 0 Å². The Morgan fingerprint density at radius 2 is 2.29 bits per heavy atom. The van der Waals surface area contributed by atoms with Crippen LogP contribution in [0.15, 0.2) is 0 Å². The molecule has 0 rings (SSSR count). The molecule has 42 valence electrons. The van der Waals surface area contributed by atoms with Crippen molar-refractivity contribution in [2.24, 2.45) is 5.73 Å². The molecule has 1 atom stereocenters. The molecule has 0 fully saturated rings. The zero-order chi connectivity index (χ0) is 5.91. The Morgan fingerprint density at radius 1 is 1.86 bits per heavy atom. The lowest BCUT2D eigenvalue weighted by Crippen LogP contribution is -2.37. The van der Waals surface area contributed by atoms with Crippen LogP contribution in [0, 0.1) is 13.6 Å². The average Bonchev–Trinajstić information content (AvgIpc) is 1.68. The fraction of sp³-hybridized carbons (Fsp3) is 0.500. The van der Waals surface area contributed by atoms with E-state index in [2.05, 4.69) is 6.92 Å². The second kappa shape index (κ2) is 2.21. The number of alkyl halides is 1. The Labute approximate surface area is 41.5 Å². The quantitative estimate of drug-likeness (QED) is 0.550. The molecule has 1 unspecified atom stereocenters. The van der Waals surface area contributed by atoms with Gasteiger partial charge in [-0.25, -0.2) is 8.78 Å². The SMILES string of the molecule is [CH2]C(N)([CH]F)CF. The summed E-state index contributed by atoms with van der Waals surface area (Å²) in [5, 5.41) is 0. The number of hydrogen-bond donors (Lipinski definition) is 1. The zero-order valence-corrected chi connectivity index (χ0v) is 3.82. The van der Waals surface area contributed by atoms with E-state index in [1.165, 1.54) is 0 Å². The van der Waals surface area contributed by atoms with Gasteiger partial charge >= 0.3 is 0 Å². The summed E-state index contributed by atoms with van der Waals surface area (Å²) in [5.74, 6) is 0. The van der Waals surface area contributed by atoms with Crippen LogP contribution in [0.5, 0.6) is 0 Å². The molecule has 0 bridgehead atoms. The van der Waals surface area contributed by atoms with E-state index in [4.69, 9.17) is 5.73 Å². The fourth-order valence-corrected chi connectivity index (χ4v) is 0.0292. The number of halogens is 2.